The van der Waals surface area contributed by atoms with Gasteiger partial charge in [0.25, 0.3) is 0 Å². The maximum absolute atomic E-state index is 14.1. The van der Waals surface area contributed by atoms with E-state index >= 15 is 0 Å². The standard InChI is InChI=1S/C21H25FN4O/c1-23-17-10-11-25(15-17)21(27)26-13-12-24(19-8-4-5-9-20(19)26)14-16-6-2-3-7-18(16)22/h2-9,17,23H,10-15H2,1H3/t17-/m0/s1. The van der Waals surface area contributed by atoms with E-state index in [1.165, 1.54) is 6.07 Å². The van der Waals surface area contributed by atoms with Crippen molar-refractivity contribution in [3.8, 4) is 0 Å². The molecule has 2 heterocycles. The number of hydrogen-bond acceptors (Lipinski definition) is 3. The molecule has 0 spiro atoms. The van der Waals surface area contributed by atoms with E-state index < -0.39 is 0 Å². The summed E-state index contributed by atoms with van der Waals surface area (Å²) >= 11 is 0. The number of nitrogens with one attached hydrogen (secondary N) is 1. The first kappa shape index (κ1) is 17.8. The lowest BCUT2D eigenvalue weighted by Crippen LogP contribution is -2.49. The van der Waals surface area contributed by atoms with Gasteiger partial charge < -0.3 is 15.1 Å². The quantitative estimate of drug-likeness (QED) is 0.905. The number of urea groups is 1. The Morgan fingerprint density at radius 2 is 1.81 bits per heavy atom. The molecule has 1 N–H and O–H groups in total. The minimum Gasteiger partial charge on any atom is -0.364 e. The number of nitrogens with zero attached hydrogens (tertiary/aromatic N) is 3. The fourth-order valence-corrected chi connectivity index (χ4v) is 3.96. The van der Waals surface area contributed by atoms with Gasteiger partial charge in [-0.15, -0.1) is 0 Å². The third-order valence-electron chi connectivity index (χ3n) is 5.52. The molecule has 0 unspecified atom stereocenters. The molecule has 142 valence electrons. The summed E-state index contributed by atoms with van der Waals surface area (Å²) in [5.74, 6) is -0.191. The highest BCUT2D eigenvalue weighted by Crippen LogP contribution is 2.35. The van der Waals surface area contributed by atoms with E-state index in [4.69, 9.17) is 0 Å². The van der Waals surface area contributed by atoms with Gasteiger partial charge in [0.2, 0.25) is 0 Å². The maximum atomic E-state index is 14.1. The molecule has 2 aromatic rings. The number of benzene rings is 2. The molecule has 4 rings (SSSR count). The van der Waals surface area contributed by atoms with Crippen LogP contribution in [0.5, 0.6) is 0 Å². The number of halogens is 1. The number of carbonyl (C=O) groups is 1. The first-order valence-corrected chi connectivity index (χ1v) is 9.48. The summed E-state index contributed by atoms with van der Waals surface area (Å²) < 4.78 is 14.1. The fourth-order valence-electron chi connectivity index (χ4n) is 3.96. The normalized spacial score (nSPS) is 19.3. The van der Waals surface area contributed by atoms with Crippen molar-refractivity contribution in [1.82, 2.24) is 10.2 Å². The van der Waals surface area contributed by atoms with Crippen LogP contribution in [-0.4, -0.2) is 50.2 Å². The second kappa shape index (κ2) is 7.56. The van der Waals surface area contributed by atoms with Crippen LogP contribution >= 0.6 is 0 Å². The summed E-state index contributed by atoms with van der Waals surface area (Å²) in [5, 5.41) is 3.25. The molecule has 0 bridgehead atoms. The van der Waals surface area contributed by atoms with Crippen molar-refractivity contribution in [3.63, 3.8) is 0 Å². The zero-order valence-electron chi connectivity index (χ0n) is 15.6. The molecule has 2 amide bonds. The molecule has 0 saturated carbocycles. The average Bonchev–Trinajstić information content (AvgIpc) is 3.19. The molecule has 0 radical (unpaired) electrons. The van der Waals surface area contributed by atoms with Gasteiger partial charge in [0.1, 0.15) is 5.82 Å². The highest BCUT2D eigenvalue weighted by molar-refractivity contribution is 5.97. The summed E-state index contributed by atoms with van der Waals surface area (Å²) in [6, 6.07) is 15.2. The zero-order valence-corrected chi connectivity index (χ0v) is 15.6. The minimum atomic E-state index is -0.191. The van der Waals surface area contributed by atoms with Gasteiger partial charge in [0.05, 0.1) is 11.4 Å². The number of fused-ring (bicyclic) bond motifs is 1. The molecule has 1 fully saturated rings. The first-order chi connectivity index (χ1) is 13.2. The van der Waals surface area contributed by atoms with Gasteiger partial charge in [-0.2, -0.15) is 0 Å². The van der Waals surface area contributed by atoms with E-state index in [0.717, 1.165) is 30.9 Å². The highest BCUT2D eigenvalue weighted by atomic mass is 19.1. The van der Waals surface area contributed by atoms with Crippen molar-refractivity contribution >= 4 is 17.4 Å². The molecule has 27 heavy (non-hydrogen) atoms. The van der Waals surface area contributed by atoms with Crippen molar-refractivity contribution in [2.24, 2.45) is 0 Å². The number of anilines is 2. The van der Waals surface area contributed by atoms with Crippen molar-refractivity contribution < 1.29 is 9.18 Å². The van der Waals surface area contributed by atoms with Gasteiger partial charge in [-0.1, -0.05) is 30.3 Å². The Morgan fingerprint density at radius 3 is 2.56 bits per heavy atom. The molecule has 5 nitrogen and oxygen atoms in total. The van der Waals surface area contributed by atoms with Crippen LogP contribution in [-0.2, 0) is 6.54 Å². The maximum Gasteiger partial charge on any atom is 0.324 e. The van der Waals surface area contributed by atoms with Crippen LogP contribution in [0.1, 0.15) is 12.0 Å². The van der Waals surface area contributed by atoms with Crippen LogP contribution in [0, 0.1) is 5.82 Å². The lowest BCUT2D eigenvalue weighted by molar-refractivity contribution is 0.214. The Labute approximate surface area is 159 Å². The number of likely N-dealkylation sites (N-methyl/N-ethyl adjacent to an activating group) is 1. The van der Waals surface area contributed by atoms with Crippen LogP contribution in [0.4, 0.5) is 20.6 Å². The number of para-hydroxylation sites is 2. The topological polar surface area (TPSA) is 38.8 Å². The van der Waals surface area contributed by atoms with Crippen LogP contribution in [0.3, 0.4) is 0 Å². The van der Waals surface area contributed by atoms with Crippen molar-refractivity contribution in [3.05, 3.63) is 59.9 Å². The Hall–Kier alpha value is -2.60. The lowest BCUT2D eigenvalue weighted by atomic mass is 10.1. The Balaban J connectivity index is 1.56. The van der Waals surface area contributed by atoms with Crippen LogP contribution in [0.25, 0.3) is 0 Å². The van der Waals surface area contributed by atoms with E-state index in [2.05, 4.69) is 10.2 Å². The molecule has 2 aliphatic rings. The predicted octanol–water partition coefficient (Wildman–Crippen LogP) is 3.07. The van der Waals surface area contributed by atoms with Crippen molar-refractivity contribution in [1.29, 1.82) is 0 Å². The average molecular weight is 368 g/mol. The van der Waals surface area contributed by atoms with Gasteiger partial charge in [0, 0.05) is 44.3 Å². The molecule has 0 aliphatic carbocycles. The summed E-state index contributed by atoms with van der Waals surface area (Å²) in [7, 11) is 1.94. The second-order valence-electron chi connectivity index (χ2n) is 7.16. The van der Waals surface area contributed by atoms with Gasteiger partial charge >= 0.3 is 6.03 Å². The summed E-state index contributed by atoms with van der Waals surface area (Å²) in [4.78, 5) is 19.0. The molecular weight excluding hydrogens is 343 g/mol. The SMILES string of the molecule is CN[C@H]1CCN(C(=O)N2CCN(Cc3ccccc3F)c3ccccc32)C1. The van der Waals surface area contributed by atoms with Crippen molar-refractivity contribution in [2.75, 3.05) is 43.0 Å². The first-order valence-electron chi connectivity index (χ1n) is 9.48. The monoisotopic (exact) mass is 368 g/mol. The number of amides is 2. The summed E-state index contributed by atoms with van der Waals surface area (Å²) in [6.07, 6.45) is 0.983. The number of hydrogen-bond donors (Lipinski definition) is 1. The van der Waals surface area contributed by atoms with Gasteiger partial charge in [0.15, 0.2) is 0 Å². The Morgan fingerprint density at radius 1 is 1.07 bits per heavy atom. The smallest absolute Gasteiger partial charge is 0.324 e. The molecule has 2 aromatic carbocycles. The Bertz CT molecular complexity index is 827. The van der Waals surface area contributed by atoms with E-state index in [1.807, 2.05) is 53.2 Å². The summed E-state index contributed by atoms with van der Waals surface area (Å²) in [5.41, 5.74) is 2.55. The van der Waals surface area contributed by atoms with E-state index in [0.29, 0.717) is 31.2 Å². The largest absolute Gasteiger partial charge is 0.364 e. The van der Waals surface area contributed by atoms with Crippen LogP contribution < -0.4 is 15.1 Å². The molecule has 1 saturated heterocycles. The number of carbonyl (C=O) groups excluding carboxylic acids is 1. The van der Waals surface area contributed by atoms with E-state index in [-0.39, 0.29) is 11.8 Å². The third kappa shape index (κ3) is 3.49. The molecule has 6 heteroatoms. The number of rotatable bonds is 3. The molecular formula is C21H25FN4O. The van der Waals surface area contributed by atoms with Crippen molar-refractivity contribution in [2.45, 2.75) is 19.0 Å². The molecule has 2 aliphatic heterocycles. The summed E-state index contributed by atoms with van der Waals surface area (Å²) in [6.45, 7) is 3.30. The highest BCUT2D eigenvalue weighted by Gasteiger charge is 2.33. The van der Waals surface area contributed by atoms with Gasteiger partial charge in [-0.25, -0.2) is 9.18 Å². The van der Waals surface area contributed by atoms with E-state index in [1.54, 1.807) is 6.07 Å². The van der Waals surface area contributed by atoms with Crippen LogP contribution in [0.15, 0.2) is 48.5 Å². The van der Waals surface area contributed by atoms with Crippen LogP contribution in [0.2, 0.25) is 0 Å². The second-order valence-corrected chi connectivity index (χ2v) is 7.16. The fraction of sp³-hybridized carbons (Fsp3) is 0.381. The molecule has 0 aromatic heterocycles. The zero-order chi connectivity index (χ0) is 18.8. The molecule has 1 atom stereocenters. The minimum absolute atomic E-state index is 0.0609. The van der Waals surface area contributed by atoms with Gasteiger partial charge in [-0.3, -0.25) is 4.90 Å². The third-order valence-corrected chi connectivity index (χ3v) is 5.52. The predicted molar refractivity (Wildman–Crippen MR) is 106 cm³/mol. The van der Waals surface area contributed by atoms with Gasteiger partial charge in [-0.05, 0) is 31.7 Å². The Kier molecular flexibility index (Phi) is 4.99. The number of likely N-dealkylation sites (tertiary alicyclic amines) is 1. The van der Waals surface area contributed by atoms with E-state index in [9.17, 15) is 9.18 Å². The lowest BCUT2D eigenvalue weighted by Gasteiger charge is -2.39.